The predicted molar refractivity (Wildman–Crippen MR) is 85.8 cm³/mol. The first-order valence-corrected chi connectivity index (χ1v) is 7.49. The maximum absolute atomic E-state index is 11.7. The van der Waals surface area contributed by atoms with Crippen molar-refractivity contribution in [2.24, 2.45) is 0 Å². The minimum Gasteiger partial charge on any atom is -0.467 e. The van der Waals surface area contributed by atoms with Crippen LogP contribution in [0, 0.1) is 0 Å². The van der Waals surface area contributed by atoms with Crippen LogP contribution in [0.4, 0.5) is 0 Å². The third-order valence-corrected chi connectivity index (χ3v) is 3.47. The van der Waals surface area contributed by atoms with Gasteiger partial charge in [-0.3, -0.25) is 0 Å². The summed E-state index contributed by atoms with van der Waals surface area (Å²) in [7, 11) is 1.41. The fourth-order valence-corrected chi connectivity index (χ4v) is 2.21. The van der Waals surface area contributed by atoms with Gasteiger partial charge in [-0.25, -0.2) is 4.79 Å². The van der Waals surface area contributed by atoms with Crippen LogP contribution < -0.4 is 5.32 Å². The van der Waals surface area contributed by atoms with E-state index < -0.39 is 0 Å². The summed E-state index contributed by atoms with van der Waals surface area (Å²) >= 11 is 5.33. The number of benzene rings is 1. The predicted octanol–water partition coefficient (Wildman–Crippen LogP) is 3.27. The molecule has 0 aliphatic rings. The van der Waals surface area contributed by atoms with E-state index in [0.29, 0.717) is 0 Å². The second-order valence-electron chi connectivity index (χ2n) is 4.77. The molecule has 0 saturated heterocycles. The summed E-state index contributed by atoms with van der Waals surface area (Å²) in [6.07, 6.45) is 4.42. The van der Waals surface area contributed by atoms with E-state index in [-0.39, 0.29) is 12.0 Å². The molecule has 0 saturated carbocycles. The van der Waals surface area contributed by atoms with Gasteiger partial charge in [0.2, 0.25) is 0 Å². The maximum Gasteiger partial charge on any atom is 0.328 e. The zero-order valence-corrected chi connectivity index (χ0v) is 13.0. The van der Waals surface area contributed by atoms with Crippen LogP contribution in [-0.2, 0) is 16.0 Å². The van der Waals surface area contributed by atoms with Crippen LogP contribution in [0.1, 0.15) is 38.2 Å². The van der Waals surface area contributed by atoms with Crippen molar-refractivity contribution in [3.05, 3.63) is 35.9 Å². The summed E-state index contributed by atoms with van der Waals surface area (Å²) in [5.74, 6) is -0.236. The summed E-state index contributed by atoms with van der Waals surface area (Å²) in [6, 6.07) is 9.88. The molecule has 4 heteroatoms. The molecule has 110 valence electrons. The van der Waals surface area contributed by atoms with Crippen LogP contribution in [0.2, 0.25) is 0 Å². The van der Waals surface area contributed by atoms with Crippen molar-refractivity contribution in [2.75, 3.05) is 7.11 Å². The molecule has 1 atom stereocenters. The quantitative estimate of drug-likeness (QED) is 0.590. The van der Waals surface area contributed by atoms with Crippen molar-refractivity contribution in [1.82, 2.24) is 5.32 Å². The molecule has 1 N–H and O–H groups in total. The van der Waals surface area contributed by atoms with Gasteiger partial charge in [-0.1, -0.05) is 62.3 Å². The third-order valence-electron chi connectivity index (χ3n) is 3.15. The van der Waals surface area contributed by atoms with E-state index in [1.54, 1.807) is 0 Å². The van der Waals surface area contributed by atoms with Gasteiger partial charge in [0.25, 0.3) is 0 Å². The van der Waals surface area contributed by atoms with Crippen LogP contribution in [0.15, 0.2) is 30.3 Å². The first kappa shape index (κ1) is 16.6. The van der Waals surface area contributed by atoms with Crippen molar-refractivity contribution in [1.29, 1.82) is 0 Å². The summed E-state index contributed by atoms with van der Waals surface area (Å²) in [4.78, 5) is 12.4. The number of methoxy groups -OCH3 is 1. The molecule has 0 radical (unpaired) electrons. The smallest absolute Gasteiger partial charge is 0.328 e. The van der Waals surface area contributed by atoms with Crippen molar-refractivity contribution >= 4 is 23.2 Å². The van der Waals surface area contributed by atoms with Crippen LogP contribution in [0.3, 0.4) is 0 Å². The number of unbranched alkanes of at least 4 members (excludes halogenated alkanes) is 1. The molecular formula is C16H23NO2S. The number of aryl methyl sites for hydroxylation is 1. The maximum atomic E-state index is 11.7. The molecule has 1 rings (SSSR count). The number of rotatable bonds is 8. The standard InChI is InChI=1S/C16H23NO2S/c1-3-4-10-14(16(18)19-2)17-15(20)12-11-13-8-6-5-7-9-13/h5-9,14H,3-4,10-12H2,1-2H3,(H,17,20). The number of carbonyl (C=O) groups excluding carboxylic acids is 1. The second kappa shape index (κ2) is 9.48. The Labute approximate surface area is 126 Å². The monoisotopic (exact) mass is 293 g/mol. The lowest BCUT2D eigenvalue weighted by Gasteiger charge is -2.17. The number of carbonyl (C=O) groups is 1. The fraction of sp³-hybridized carbons (Fsp3) is 0.500. The average Bonchev–Trinajstić information content (AvgIpc) is 2.49. The van der Waals surface area contributed by atoms with E-state index in [0.717, 1.165) is 37.1 Å². The topological polar surface area (TPSA) is 38.3 Å². The second-order valence-corrected chi connectivity index (χ2v) is 5.26. The van der Waals surface area contributed by atoms with Gasteiger partial charge in [0.15, 0.2) is 0 Å². The lowest BCUT2D eigenvalue weighted by atomic mass is 10.1. The average molecular weight is 293 g/mol. The zero-order chi connectivity index (χ0) is 14.8. The Morgan fingerprint density at radius 3 is 2.65 bits per heavy atom. The minimum absolute atomic E-state index is 0.236. The molecule has 3 nitrogen and oxygen atoms in total. The molecule has 1 unspecified atom stereocenters. The Bertz CT molecular complexity index is 420. The van der Waals surface area contributed by atoms with E-state index >= 15 is 0 Å². The molecule has 20 heavy (non-hydrogen) atoms. The van der Waals surface area contributed by atoms with Gasteiger partial charge < -0.3 is 10.1 Å². The SMILES string of the molecule is CCCCC(NC(=S)CCc1ccccc1)C(=O)OC. The van der Waals surface area contributed by atoms with E-state index in [1.807, 2.05) is 18.2 Å². The summed E-state index contributed by atoms with van der Waals surface area (Å²) in [5, 5.41) is 3.13. The van der Waals surface area contributed by atoms with Gasteiger partial charge >= 0.3 is 5.97 Å². The van der Waals surface area contributed by atoms with E-state index in [4.69, 9.17) is 17.0 Å². The van der Waals surface area contributed by atoms with Gasteiger partial charge in [-0.15, -0.1) is 0 Å². The van der Waals surface area contributed by atoms with Gasteiger partial charge in [0.1, 0.15) is 6.04 Å². The molecule has 0 aliphatic carbocycles. The van der Waals surface area contributed by atoms with E-state index in [2.05, 4.69) is 24.4 Å². The fourth-order valence-electron chi connectivity index (χ4n) is 1.97. The number of hydrogen-bond donors (Lipinski definition) is 1. The first-order valence-electron chi connectivity index (χ1n) is 7.08. The van der Waals surface area contributed by atoms with Crippen molar-refractivity contribution in [3.63, 3.8) is 0 Å². The molecule has 0 fully saturated rings. The molecule has 1 aromatic rings. The molecule has 1 aromatic carbocycles. The highest BCUT2D eigenvalue weighted by molar-refractivity contribution is 7.80. The zero-order valence-electron chi connectivity index (χ0n) is 12.2. The van der Waals surface area contributed by atoms with Crippen LogP contribution in [-0.4, -0.2) is 24.1 Å². The molecule has 0 heterocycles. The van der Waals surface area contributed by atoms with Crippen molar-refractivity contribution in [3.8, 4) is 0 Å². The summed E-state index contributed by atoms with van der Waals surface area (Å²) in [6.45, 7) is 2.10. The molecular weight excluding hydrogens is 270 g/mol. The Kier molecular flexibility index (Phi) is 7.88. The van der Waals surface area contributed by atoms with Crippen LogP contribution >= 0.6 is 12.2 Å². The lowest BCUT2D eigenvalue weighted by molar-refractivity contribution is -0.142. The van der Waals surface area contributed by atoms with Crippen LogP contribution in [0.25, 0.3) is 0 Å². The summed E-state index contributed by atoms with van der Waals surface area (Å²) in [5.41, 5.74) is 1.25. The van der Waals surface area contributed by atoms with Crippen molar-refractivity contribution < 1.29 is 9.53 Å². The molecule has 0 aromatic heterocycles. The Morgan fingerprint density at radius 1 is 1.35 bits per heavy atom. The first-order chi connectivity index (χ1) is 9.67. The van der Waals surface area contributed by atoms with Crippen LogP contribution in [0.5, 0.6) is 0 Å². The Hall–Kier alpha value is -1.42. The van der Waals surface area contributed by atoms with E-state index in [1.165, 1.54) is 12.7 Å². The number of hydrogen-bond acceptors (Lipinski definition) is 3. The Morgan fingerprint density at radius 2 is 2.05 bits per heavy atom. The molecule has 0 spiro atoms. The molecule has 0 amide bonds. The number of thiocarbonyl (C=S) groups is 1. The van der Waals surface area contributed by atoms with E-state index in [9.17, 15) is 4.79 Å². The number of ether oxygens (including phenoxy) is 1. The van der Waals surface area contributed by atoms with Gasteiger partial charge in [-0.05, 0) is 18.4 Å². The normalized spacial score (nSPS) is 11.7. The largest absolute Gasteiger partial charge is 0.467 e. The highest BCUT2D eigenvalue weighted by Gasteiger charge is 2.18. The number of esters is 1. The lowest BCUT2D eigenvalue weighted by Crippen LogP contribution is -2.40. The molecule has 0 bridgehead atoms. The third kappa shape index (κ3) is 6.15. The highest BCUT2D eigenvalue weighted by Crippen LogP contribution is 2.06. The minimum atomic E-state index is -0.316. The van der Waals surface area contributed by atoms with Gasteiger partial charge in [-0.2, -0.15) is 0 Å². The highest BCUT2D eigenvalue weighted by atomic mass is 32.1. The van der Waals surface area contributed by atoms with Gasteiger partial charge in [0, 0.05) is 6.42 Å². The summed E-state index contributed by atoms with van der Waals surface area (Å²) < 4.78 is 4.81. The molecule has 0 aliphatic heterocycles. The van der Waals surface area contributed by atoms with Crippen molar-refractivity contribution in [2.45, 2.75) is 45.1 Å². The number of nitrogens with one attached hydrogen (secondary N) is 1. The van der Waals surface area contributed by atoms with Gasteiger partial charge in [0.05, 0.1) is 12.1 Å². The Balaban J connectivity index is 2.43.